The Morgan fingerprint density at radius 1 is 1.24 bits per heavy atom. The smallest absolute Gasteiger partial charge is 0.200 e. The van der Waals surface area contributed by atoms with Gasteiger partial charge in [-0.05, 0) is 64.7 Å². The predicted molar refractivity (Wildman–Crippen MR) is 101 cm³/mol. The highest BCUT2D eigenvalue weighted by Gasteiger charge is 2.27. The van der Waals surface area contributed by atoms with Crippen LogP contribution in [0, 0.1) is 18.7 Å². The zero-order chi connectivity index (χ0) is 17.7. The number of hydrogen-bond donors (Lipinski definition) is 0. The van der Waals surface area contributed by atoms with E-state index < -0.39 is 5.82 Å². The zero-order valence-corrected chi connectivity index (χ0v) is 15.7. The Balaban J connectivity index is 1.85. The third-order valence-corrected chi connectivity index (χ3v) is 5.80. The van der Waals surface area contributed by atoms with Crippen molar-refractivity contribution in [1.29, 1.82) is 0 Å². The summed E-state index contributed by atoms with van der Waals surface area (Å²) in [5.74, 6) is 0.951. The molecule has 1 aliphatic carbocycles. The molecule has 0 unspecified atom stereocenters. The summed E-state index contributed by atoms with van der Waals surface area (Å²) < 4.78 is 19.9. The monoisotopic (exact) mass is 400 g/mol. The van der Waals surface area contributed by atoms with Crippen molar-refractivity contribution < 1.29 is 8.81 Å². The molecule has 128 valence electrons. The first kappa shape index (κ1) is 16.5. The molecule has 1 aliphatic rings. The van der Waals surface area contributed by atoms with E-state index in [9.17, 15) is 9.18 Å². The lowest BCUT2D eigenvalue weighted by Gasteiger charge is -2.33. The van der Waals surface area contributed by atoms with E-state index in [0.717, 1.165) is 11.5 Å². The van der Waals surface area contributed by atoms with E-state index in [0.29, 0.717) is 28.0 Å². The van der Waals surface area contributed by atoms with E-state index in [-0.39, 0.29) is 9.90 Å². The maximum absolute atomic E-state index is 14.0. The molecule has 0 radical (unpaired) electrons. The predicted octanol–water partition coefficient (Wildman–Crippen LogP) is 6.18. The molecule has 0 amide bonds. The van der Waals surface area contributed by atoms with Gasteiger partial charge in [0, 0.05) is 5.56 Å². The summed E-state index contributed by atoms with van der Waals surface area (Å²) in [6, 6.07) is 9.63. The molecule has 0 N–H and O–H groups in total. The first-order valence-corrected chi connectivity index (χ1v) is 9.25. The summed E-state index contributed by atoms with van der Waals surface area (Å²) in [7, 11) is 0. The van der Waals surface area contributed by atoms with Crippen LogP contribution in [0.2, 0.25) is 0 Å². The van der Waals surface area contributed by atoms with E-state index in [2.05, 4.69) is 35.0 Å². The Morgan fingerprint density at radius 3 is 2.72 bits per heavy atom. The Hall–Kier alpha value is -1.94. The molecule has 0 spiro atoms. The highest BCUT2D eigenvalue weighted by molar-refractivity contribution is 9.10. The molecule has 4 rings (SSSR count). The molecule has 1 fully saturated rings. The lowest BCUT2D eigenvalue weighted by atomic mass is 9.72. The van der Waals surface area contributed by atoms with Crippen LogP contribution in [0.4, 0.5) is 4.39 Å². The van der Waals surface area contributed by atoms with Gasteiger partial charge in [0.05, 0.1) is 15.4 Å². The van der Waals surface area contributed by atoms with Crippen LogP contribution in [0.15, 0.2) is 50.3 Å². The third-order valence-electron chi connectivity index (χ3n) is 5.22. The lowest BCUT2D eigenvalue weighted by Crippen LogP contribution is -2.18. The molecule has 0 aliphatic heterocycles. The SMILES string of the molecule is Cc1c(F)c(Br)cc2c(=O)c(-c3cccc(C4CC(C)C4)c3)coc12. The quantitative estimate of drug-likeness (QED) is 0.513. The Kier molecular flexibility index (Phi) is 4.03. The molecular formula is C21H18BrFO2. The van der Waals surface area contributed by atoms with E-state index in [1.807, 2.05) is 12.1 Å². The van der Waals surface area contributed by atoms with Crippen molar-refractivity contribution in [2.75, 3.05) is 0 Å². The first-order chi connectivity index (χ1) is 12.0. The molecule has 2 nitrogen and oxygen atoms in total. The summed E-state index contributed by atoms with van der Waals surface area (Å²) in [4.78, 5) is 13.0. The minimum Gasteiger partial charge on any atom is -0.463 e. The maximum Gasteiger partial charge on any atom is 0.200 e. The van der Waals surface area contributed by atoms with E-state index in [4.69, 9.17) is 4.42 Å². The van der Waals surface area contributed by atoms with Gasteiger partial charge in [0.2, 0.25) is 5.43 Å². The molecule has 25 heavy (non-hydrogen) atoms. The highest BCUT2D eigenvalue weighted by atomic mass is 79.9. The van der Waals surface area contributed by atoms with Gasteiger partial charge in [-0.3, -0.25) is 4.79 Å². The minimum absolute atomic E-state index is 0.135. The van der Waals surface area contributed by atoms with Gasteiger partial charge in [0.1, 0.15) is 17.7 Å². The maximum atomic E-state index is 14.0. The van der Waals surface area contributed by atoms with Crippen molar-refractivity contribution in [2.45, 2.75) is 32.6 Å². The Morgan fingerprint density at radius 2 is 2.00 bits per heavy atom. The average Bonchev–Trinajstić information content (AvgIpc) is 2.58. The van der Waals surface area contributed by atoms with Crippen molar-refractivity contribution in [3.8, 4) is 11.1 Å². The number of rotatable bonds is 2. The second kappa shape index (κ2) is 6.10. The van der Waals surface area contributed by atoms with Crippen molar-refractivity contribution in [1.82, 2.24) is 0 Å². The highest BCUT2D eigenvalue weighted by Crippen LogP contribution is 2.41. The molecule has 0 saturated heterocycles. The number of halogens is 2. The second-order valence-corrected chi connectivity index (χ2v) is 7.91. The summed E-state index contributed by atoms with van der Waals surface area (Å²) in [6.07, 6.45) is 3.84. The standard InChI is InChI=1S/C21H18BrFO2/c1-11-6-15(7-11)13-4-3-5-14(8-13)17-10-25-21-12(2)19(23)18(22)9-16(21)20(17)24/h3-5,8-11,15H,6-7H2,1-2H3. The molecule has 3 aromatic rings. The van der Waals surface area contributed by atoms with E-state index >= 15 is 0 Å². The van der Waals surface area contributed by atoms with Crippen molar-refractivity contribution in [3.05, 3.63) is 68.2 Å². The van der Waals surface area contributed by atoms with Crippen molar-refractivity contribution >= 4 is 26.9 Å². The fourth-order valence-electron chi connectivity index (χ4n) is 3.71. The summed E-state index contributed by atoms with van der Waals surface area (Å²) in [5, 5.41) is 0.394. The van der Waals surface area contributed by atoms with Crippen LogP contribution < -0.4 is 5.43 Å². The number of fused-ring (bicyclic) bond motifs is 1. The molecular weight excluding hydrogens is 383 g/mol. The fraction of sp³-hybridized carbons (Fsp3) is 0.286. The Labute approximate surface area is 153 Å². The van der Waals surface area contributed by atoms with Crippen molar-refractivity contribution in [3.63, 3.8) is 0 Å². The molecule has 1 saturated carbocycles. The average molecular weight is 401 g/mol. The minimum atomic E-state index is -0.399. The van der Waals surface area contributed by atoms with Gasteiger partial charge in [-0.25, -0.2) is 4.39 Å². The topological polar surface area (TPSA) is 30.2 Å². The number of aryl methyl sites for hydroxylation is 1. The normalized spacial score (nSPS) is 19.8. The molecule has 2 aromatic carbocycles. The second-order valence-electron chi connectivity index (χ2n) is 7.05. The van der Waals surface area contributed by atoms with Gasteiger partial charge in [-0.1, -0.05) is 31.2 Å². The molecule has 4 heteroatoms. The van der Waals surface area contributed by atoms with Gasteiger partial charge in [0.25, 0.3) is 0 Å². The van der Waals surface area contributed by atoms with Gasteiger partial charge < -0.3 is 4.42 Å². The van der Waals surface area contributed by atoms with Crippen LogP contribution in [0.1, 0.15) is 36.8 Å². The summed E-state index contributed by atoms with van der Waals surface area (Å²) in [6.45, 7) is 3.88. The van der Waals surface area contributed by atoms with Gasteiger partial charge in [-0.2, -0.15) is 0 Å². The number of hydrogen-bond acceptors (Lipinski definition) is 2. The van der Waals surface area contributed by atoms with Gasteiger partial charge in [0.15, 0.2) is 0 Å². The van der Waals surface area contributed by atoms with Crippen molar-refractivity contribution in [2.24, 2.45) is 5.92 Å². The molecule has 1 heterocycles. The third kappa shape index (κ3) is 2.73. The molecule has 1 aromatic heterocycles. The number of benzene rings is 2. The van der Waals surface area contributed by atoms with E-state index in [1.54, 1.807) is 6.92 Å². The Bertz CT molecular complexity index is 1030. The fourth-order valence-corrected chi connectivity index (χ4v) is 4.23. The lowest BCUT2D eigenvalue weighted by molar-refractivity contribution is 0.288. The van der Waals surface area contributed by atoms with Crippen LogP contribution in [-0.2, 0) is 0 Å². The molecule has 0 atom stereocenters. The van der Waals surface area contributed by atoms with Crippen LogP contribution in [0.3, 0.4) is 0 Å². The van der Waals surface area contributed by atoms with E-state index in [1.165, 1.54) is 30.7 Å². The summed E-state index contributed by atoms with van der Waals surface area (Å²) >= 11 is 3.18. The van der Waals surface area contributed by atoms with Crippen LogP contribution >= 0.6 is 15.9 Å². The first-order valence-electron chi connectivity index (χ1n) is 8.46. The zero-order valence-electron chi connectivity index (χ0n) is 14.1. The van der Waals surface area contributed by atoms with Crippen LogP contribution in [0.5, 0.6) is 0 Å². The van der Waals surface area contributed by atoms with Gasteiger partial charge >= 0.3 is 0 Å². The summed E-state index contributed by atoms with van der Waals surface area (Å²) in [5.41, 5.74) is 3.14. The van der Waals surface area contributed by atoms with Crippen LogP contribution in [-0.4, -0.2) is 0 Å². The molecule has 0 bridgehead atoms. The largest absolute Gasteiger partial charge is 0.463 e. The van der Waals surface area contributed by atoms with Crippen LogP contribution in [0.25, 0.3) is 22.1 Å². The van der Waals surface area contributed by atoms with Gasteiger partial charge in [-0.15, -0.1) is 0 Å².